The van der Waals surface area contributed by atoms with Gasteiger partial charge in [0.2, 0.25) is 5.82 Å². The molecule has 1 aromatic heterocycles. The number of hydrogen-bond donors (Lipinski definition) is 1. The number of carbonyl (C=O) groups excluding carboxylic acids is 1. The van der Waals surface area contributed by atoms with Gasteiger partial charge in [-0.05, 0) is 34.7 Å². The van der Waals surface area contributed by atoms with Gasteiger partial charge in [0.15, 0.2) is 0 Å². The Bertz CT molecular complexity index is 450. The Morgan fingerprint density at radius 3 is 2.63 bits per heavy atom. The maximum Gasteiger partial charge on any atom is 0.376 e. The van der Waals surface area contributed by atoms with Crippen LogP contribution in [0.3, 0.4) is 0 Å². The van der Waals surface area contributed by atoms with Crippen LogP contribution < -0.4 is 5.32 Å². The molecule has 0 aliphatic rings. The van der Waals surface area contributed by atoms with E-state index in [1.165, 1.54) is 7.11 Å². The third kappa shape index (κ3) is 4.45. The number of aromatic nitrogens is 2. The third-order valence-electron chi connectivity index (χ3n) is 2.43. The molecule has 0 fully saturated rings. The summed E-state index contributed by atoms with van der Waals surface area (Å²) in [6, 6.07) is 0. The molecule has 106 valence electrons. The van der Waals surface area contributed by atoms with Crippen LogP contribution in [0.25, 0.3) is 0 Å². The van der Waals surface area contributed by atoms with Gasteiger partial charge >= 0.3 is 5.97 Å². The second-order valence-electron chi connectivity index (χ2n) is 4.67. The van der Waals surface area contributed by atoms with Crippen LogP contribution in [0.1, 0.15) is 43.5 Å². The highest BCUT2D eigenvalue weighted by atomic mass is 79.9. The van der Waals surface area contributed by atoms with Crippen LogP contribution >= 0.6 is 15.9 Å². The molecular formula is C13H20BrN3O2. The summed E-state index contributed by atoms with van der Waals surface area (Å²) in [5.74, 6) is 0.667. The SMILES string of the molecule is CCCNc1nc(C(=O)OC)nc(CC(C)C)c1Br. The lowest BCUT2D eigenvalue weighted by molar-refractivity contribution is 0.0586. The summed E-state index contributed by atoms with van der Waals surface area (Å²) in [6.45, 7) is 7.06. The van der Waals surface area contributed by atoms with Crippen molar-refractivity contribution < 1.29 is 9.53 Å². The van der Waals surface area contributed by atoms with Gasteiger partial charge in [-0.25, -0.2) is 14.8 Å². The molecule has 0 bridgehead atoms. The third-order valence-corrected chi connectivity index (χ3v) is 3.27. The van der Waals surface area contributed by atoms with Gasteiger partial charge in [-0.1, -0.05) is 20.8 Å². The van der Waals surface area contributed by atoms with Crippen molar-refractivity contribution in [1.29, 1.82) is 0 Å². The van der Waals surface area contributed by atoms with Crippen LogP contribution in [-0.2, 0) is 11.2 Å². The molecule has 0 aromatic carbocycles. The molecule has 0 radical (unpaired) electrons. The van der Waals surface area contributed by atoms with Crippen LogP contribution in [0.4, 0.5) is 5.82 Å². The van der Waals surface area contributed by atoms with Crippen molar-refractivity contribution in [3.8, 4) is 0 Å². The van der Waals surface area contributed by atoms with Crippen molar-refractivity contribution in [3.63, 3.8) is 0 Å². The molecule has 19 heavy (non-hydrogen) atoms. The zero-order valence-corrected chi connectivity index (χ0v) is 13.4. The quantitative estimate of drug-likeness (QED) is 0.812. The van der Waals surface area contributed by atoms with Gasteiger partial charge < -0.3 is 10.1 Å². The lowest BCUT2D eigenvalue weighted by Gasteiger charge is -2.13. The van der Waals surface area contributed by atoms with Crippen molar-refractivity contribution in [2.75, 3.05) is 19.0 Å². The van der Waals surface area contributed by atoms with E-state index in [-0.39, 0.29) is 5.82 Å². The summed E-state index contributed by atoms with van der Waals surface area (Å²) in [6.07, 6.45) is 1.75. The first-order chi connectivity index (χ1) is 8.99. The lowest BCUT2D eigenvalue weighted by Crippen LogP contribution is -2.14. The van der Waals surface area contributed by atoms with Gasteiger partial charge in [-0.15, -0.1) is 0 Å². The van der Waals surface area contributed by atoms with Crippen LogP contribution in [0, 0.1) is 5.92 Å². The Morgan fingerprint density at radius 2 is 2.11 bits per heavy atom. The van der Waals surface area contributed by atoms with Gasteiger partial charge in [0, 0.05) is 6.54 Å². The van der Waals surface area contributed by atoms with Gasteiger partial charge in [0.1, 0.15) is 5.82 Å². The van der Waals surface area contributed by atoms with Gasteiger partial charge in [-0.2, -0.15) is 0 Å². The van der Waals surface area contributed by atoms with Gasteiger partial charge in [0.25, 0.3) is 0 Å². The molecule has 6 heteroatoms. The van der Waals surface area contributed by atoms with Crippen LogP contribution in [0.2, 0.25) is 0 Å². The highest BCUT2D eigenvalue weighted by Crippen LogP contribution is 2.25. The zero-order chi connectivity index (χ0) is 14.4. The van der Waals surface area contributed by atoms with E-state index in [1.807, 2.05) is 0 Å². The molecular weight excluding hydrogens is 310 g/mol. The normalized spacial score (nSPS) is 10.6. The molecule has 1 N–H and O–H groups in total. The highest BCUT2D eigenvalue weighted by molar-refractivity contribution is 9.10. The predicted octanol–water partition coefficient (Wildman–Crippen LogP) is 3.05. The topological polar surface area (TPSA) is 64.1 Å². The molecule has 0 aliphatic carbocycles. The molecule has 0 spiro atoms. The number of methoxy groups -OCH3 is 1. The number of esters is 1. The van der Waals surface area contributed by atoms with Crippen molar-refractivity contribution >= 4 is 27.7 Å². The maximum absolute atomic E-state index is 11.6. The molecule has 1 rings (SSSR count). The Labute approximate surface area is 122 Å². The highest BCUT2D eigenvalue weighted by Gasteiger charge is 2.17. The minimum Gasteiger partial charge on any atom is -0.463 e. The minimum absolute atomic E-state index is 0.0972. The number of anilines is 1. The summed E-state index contributed by atoms with van der Waals surface area (Å²) in [5, 5.41) is 3.19. The second-order valence-corrected chi connectivity index (χ2v) is 5.47. The minimum atomic E-state index is -0.517. The molecule has 0 saturated heterocycles. The largest absolute Gasteiger partial charge is 0.463 e. The van der Waals surface area contributed by atoms with Crippen molar-refractivity contribution in [2.45, 2.75) is 33.6 Å². The smallest absolute Gasteiger partial charge is 0.376 e. The first-order valence-corrected chi connectivity index (χ1v) is 7.17. The van der Waals surface area contributed by atoms with E-state index in [2.05, 4.69) is 56.7 Å². The zero-order valence-electron chi connectivity index (χ0n) is 11.8. The fraction of sp³-hybridized carbons (Fsp3) is 0.615. The number of halogens is 1. The van der Waals surface area contributed by atoms with Crippen LogP contribution in [0.15, 0.2) is 4.47 Å². The van der Waals surface area contributed by atoms with E-state index in [1.54, 1.807) is 0 Å². The maximum atomic E-state index is 11.6. The molecule has 0 amide bonds. The number of nitrogens with zero attached hydrogens (tertiary/aromatic N) is 2. The Morgan fingerprint density at radius 1 is 1.42 bits per heavy atom. The molecule has 5 nitrogen and oxygen atoms in total. The van der Waals surface area contributed by atoms with E-state index < -0.39 is 5.97 Å². The van der Waals surface area contributed by atoms with Crippen molar-refractivity contribution in [2.24, 2.45) is 5.92 Å². The molecule has 0 aliphatic heterocycles. The van der Waals surface area contributed by atoms with E-state index in [0.29, 0.717) is 11.7 Å². The monoisotopic (exact) mass is 329 g/mol. The fourth-order valence-electron chi connectivity index (χ4n) is 1.56. The molecule has 0 unspecified atom stereocenters. The number of carbonyl (C=O) groups is 1. The second kappa shape index (κ2) is 7.43. The summed E-state index contributed by atoms with van der Waals surface area (Å²) < 4.78 is 5.51. The Balaban J connectivity index is 3.17. The summed E-state index contributed by atoms with van der Waals surface area (Å²) in [4.78, 5) is 20.1. The number of hydrogen-bond acceptors (Lipinski definition) is 5. The van der Waals surface area contributed by atoms with Crippen molar-refractivity contribution in [1.82, 2.24) is 9.97 Å². The van der Waals surface area contributed by atoms with E-state index in [0.717, 1.165) is 29.6 Å². The average Bonchev–Trinajstić information content (AvgIpc) is 2.38. The first kappa shape index (κ1) is 15.9. The fourth-order valence-corrected chi connectivity index (χ4v) is 2.04. The van der Waals surface area contributed by atoms with Gasteiger partial charge in [0.05, 0.1) is 17.3 Å². The molecule has 0 saturated carbocycles. The standard InChI is InChI=1S/C13H20BrN3O2/c1-5-6-15-11-10(14)9(7-8(2)3)16-12(17-11)13(18)19-4/h8H,5-7H2,1-4H3,(H,15,16,17). The predicted molar refractivity (Wildman–Crippen MR) is 78.4 cm³/mol. The van der Waals surface area contributed by atoms with E-state index in [9.17, 15) is 4.79 Å². The Hall–Kier alpha value is -1.17. The first-order valence-electron chi connectivity index (χ1n) is 6.38. The number of ether oxygens (including phenoxy) is 1. The van der Waals surface area contributed by atoms with Gasteiger partial charge in [-0.3, -0.25) is 0 Å². The van der Waals surface area contributed by atoms with E-state index >= 15 is 0 Å². The van der Waals surface area contributed by atoms with Crippen LogP contribution in [-0.4, -0.2) is 29.6 Å². The lowest BCUT2D eigenvalue weighted by atomic mass is 10.1. The molecule has 0 atom stereocenters. The van der Waals surface area contributed by atoms with E-state index in [4.69, 9.17) is 0 Å². The summed E-state index contributed by atoms with van der Waals surface area (Å²) in [7, 11) is 1.33. The Kier molecular flexibility index (Phi) is 6.21. The molecule has 1 heterocycles. The average molecular weight is 330 g/mol. The summed E-state index contributed by atoms with van der Waals surface area (Å²) >= 11 is 3.51. The number of rotatable bonds is 6. The molecule has 1 aromatic rings. The summed E-state index contributed by atoms with van der Waals surface area (Å²) in [5.41, 5.74) is 0.823. The van der Waals surface area contributed by atoms with Crippen LogP contribution in [0.5, 0.6) is 0 Å². The number of nitrogens with one attached hydrogen (secondary N) is 1. The van der Waals surface area contributed by atoms with Crippen molar-refractivity contribution in [3.05, 3.63) is 16.0 Å².